The third-order valence-electron chi connectivity index (χ3n) is 9.27. The maximum atomic E-state index is 10.8. The van der Waals surface area contributed by atoms with Gasteiger partial charge >= 0.3 is 0 Å². The fourth-order valence-electron chi connectivity index (χ4n) is 8.58. The SMILES string of the molecule is CC1(C)CC(O)CC(C)(C)N1C[C@H](O)COc1ccc(C23CC4CC(CC(C4)C2)C3)cc1. The van der Waals surface area contributed by atoms with Gasteiger partial charge in [0.05, 0.1) is 6.10 Å². The average Bonchev–Trinajstić information content (AvgIpc) is 2.68. The van der Waals surface area contributed by atoms with E-state index in [0.29, 0.717) is 18.6 Å². The molecule has 5 fully saturated rings. The van der Waals surface area contributed by atoms with Crippen molar-refractivity contribution >= 4 is 0 Å². The molecule has 5 aliphatic rings. The molecule has 1 atom stereocenters. The van der Waals surface area contributed by atoms with E-state index in [2.05, 4.69) is 56.9 Å². The van der Waals surface area contributed by atoms with Crippen molar-refractivity contribution in [3.05, 3.63) is 29.8 Å². The lowest BCUT2D eigenvalue weighted by atomic mass is 9.48. The Morgan fingerprint density at radius 3 is 1.88 bits per heavy atom. The summed E-state index contributed by atoms with van der Waals surface area (Å²) in [5.74, 6) is 3.72. The molecule has 0 unspecified atom stereocenters. The van der Waals surface area contributed by atoms with Gasteiger partial charge in [-0.05, 0) is 120 Å². The van der Waals surface area contributed by atoms with Crippen molar-refractivity contribution in [2.45, 2.75) is 108 Å². The zero-order valence-corrected chi connectivity index (χ0v) is 20.5. The second-order valence-electron chi connectivity index (χ2n) is 13.0. The van der Waals surface area contributed by atoms with Crippen molar-refractivity contribution in [1.82, 2.24) is 4.90 Å². The number of hydrogen-bond donors (Lipinski definition) is 2. The smallest absolute Gasteiger partial charge is 0.119 e. The van der Waals surface area contributed by atoms with E-state index in [-0.39, 0.29) is 17.2 Å². The fraction of sp³-hybridized carbons (Fsp3) is 0.786. The molecule has 4 nitrogen and oxygen atoms in total. The van der Waals surface area contributed by atoms with E-state index >= 15 is 0 Å². The standard InChI is InChI=1S/C28H43NO3/c1-26(2)15-23(30)16-27(3,4)29(26)17-24(31)18-32-25-7-5-22(6-8-25)28-12-19-9-20(13-28)11-21(10-19)14-28/h5-8,19-21,23-24,30-31H,9-18H2,1-4H3/t19?,20?,21?,24-,28?/m0/s1. The van der Waals surface area contributed by atoms with E-state index in [0.717, 1.165) is 36.3 Å². The van der Waals surface area contributed by atoms with Crippen LogP contribution in [0.3, 0.4) is 0 Å². The minimum absolute atomic E-state index is 0.151. The zero-order chi connectivity index (χ0) is 22.7. The summed E-state index contributed by atoms with van der Waals surface area (Å²) in [6.07, 6.45) is 9.19. The van der Waals surface area contributed by atoms with Gasteiger partial charge in [0.1, 0.15) is 18.5 Å². The Kier molecular flexibility index (Phi) is 5.66. The Labute approximate surface area is 194 Å². The molecule has 0 amide bonds. The normalized spacial score (nSPS) is 36.9. The highest BCUT2D eigenvalue weighted by Gasteiger charge is 2.51. The lowest BCUT2D eigenvalue weighted by molar-refractivity contribution is -0.1000. The molecule has 4 heteroatoms. The summed E-state index contributed by atoms with van der Waals surface area (Å²) in [4.78, 5) is 2.34. The Bertz CT molecular complexity index is 761. The topological polar surface area (TPSA) is 52.9 Å². The maximum absolute atomic E-state index is 10.8. The zero-order valence-electron chi connectivity index (χ0n) is 20.5. The van der Waals surface area contributed by atoms with Crippen LogP contribution in [0.1, 0.15) is 84.6 Å². The number of β-amino-alcohol motifs (C(OH)–C–C–N with tert-alkyl or cyclic N) is 1. The first-order valence-corrected chi connectivity index (χ1v) is 12.9. The molecule has 4 aliphatic carbocycles. The second-order valence-corrected chi connectivity index (χ2v) is 13.0. The van der Waals surface area contributed by atoms with Crippen molar-refractivity contribution in [1.29, 1.82) is 0 Å². The molecule has 32 heavy (non-hydrogen) atoms. The number of rotatable bonds is 6. The van der Waals surface area contributed by atoms with Crippen LogP contribution >= 0.6 is 0 Å². The molecule has 0 aromatic heterocycles. The van der Waals surface area contributed by atoms with E-state index in [1.54, 1.807) is 0 Å². The van der Waals surface area contributed by atoms with E-state index < -0.39 is 6.10 Å². The Hall–Kier alpha value is -1.10. The number of piperidine rings is 1. The van der Waals surface area contributed by atoms with Crippen LogP contribution < -0.4 is 4.74 Å². The Morgan fingerprint density at radius 2 is 1.38 bits per heavy atom. The molecule has 0 radical (unpaired) electrons. The maximum Gasteiger partial charge on any atom is 0.119 e. The molecule has 1 aliphatic heterocycles. The van der Waals surface area contributed by atoms with Crippen molar-refractivity contribution in [2.24, 2.45) is 17.8 Å². The molecule has 4 bridgehead atoms. The number of likely N-dealkylation sites (tertiary alicyclic amines) is 1. The van der Waals surface area contributed by atoms with Gasteiger partial charge in [0.25, 0.3) is 0 Å². The summed E-state index contributed by atoms with van der Waals surface area (Å²) in [7, 11) is 0. The first kappa shape index (κ1) is 22.7. The lowest BCUT2D eigenvalue weighted by Gasteiger charge is -2.57. The van der Waals surface area contributed by atoms with E-state index in [9.17, 15) is 10.2 Å². The van der Waals surface area contributed by atoms with Crippen LogP contribution in [0.4, 0.5) is 0 Å². The summed E-state index contributed by atoms with van der Waals surface area (Å²) in [6.45, 7) is 9.49. The van der Waals surface area contributed by atoms with E-state index in [1.807, 2.05) is 0 Å². The van der Waals surface area contributed by atoms with Crippen LogP contribution in [0.25, 0.3) is 0 Å². The molecular formula is C28H43NO3. The summed E-state index contributed by atoms with van der Waals surface area (Å²) >= 11 is 0. The van der Waals surface area contributed by atoms with Crippen LogP contribution in [-0.4, -0.2) is 51.6 Å². The predicted molar refractivity (Wildman–Crippen MR) is 128 cm³/mol. The molecule has 4 saturated carbocycles. The number of aliphatic hydroxyl groups is 2. The Morgan fingerprint density at radius 1 is 0.875 bits per heavy atom. The quantitative estimate of drug-likeness (QED) is 0.659. The molecule has 2 N–H and O–H groups in total. The molecule has 1 aromatic carbocycles. The van der Waals surface area contributed by atoms with Gasteiger partial charge in [-0.2, -0.15) is 0 Å². The highest BCUT2D eigenvalue weighted by Crippen LogP contribution is 2.60. The summed E-state index contributed by atoms with van der Waals surface area (Å²) < 4.78 is 6.01. The number of aliphatic hydroxyl groups excluding tert-OH is 2. The average molecular weight is 442 g/mol. The lowest BCUT2D eigenvalue weighted by Crippen LogP contribution is -2.63. The number of nitrogens with zero attached hydrogens (tertiary/aromatic N) is 1. The van der Waals surface area contributed by atoms with Gasteiger partial charge < -0.3 is 14.9 Å². The third-order valence-corrected chi connectivity index (χ3v) is 9.27. The summed E-state index contributed by atoms with van der Waals surface area (Å²) in [5.41, 5.74) is 1.63. The second kappa shape index (κ2) is 7.99. The molecule has 6 rings (SSSR count). The number of ether oxygens (including phenoxy) is 1. The monoisotopic (exact) mass is 441 g/mol. The van der Waals surface area contributed by atoms with Crippen LogP contribution in [0.15, 0.2) is 24.3 Å². The molecule has 1 aromatic rings. The van der Waals surface area contributed by atoms with Gasteiger partial charge in [-0.3, -0.25) is 4.90 Å². The van der Waals surface area contributed by atoms with Crippen LogP contribution in [-0.2, 0) is 5.41 Å². The first-order valence-electron chi connectivity index (χ1n) is 12.9. The van der Waals surface area contributed by atoms with Crippen LogP contribution in [0, 0.1) is 17.8 Å². The highest BCUT2D eigenvalue weighted by molar-refractivity contribution is 5.34. The van der Waals surface area contributed by atoms with Crippen molar-refractivity contribution < 1.29 is 14.9 Å². The number of hydrogen-bond acceptors (Lipinski definition) is 4. The molecule has 1 heterocycles. The van der Waals surface area contributed by atoms with Gasteiger partial charge in [0, 0.05) is 17.6 Å². The predicted octanol–water partition coefficient (Wildman–Crippen LogP) is 4.91. The summed E-state index contributed by atoms with van der Waals surface area (Å²) in [6, 6.07) is 8.83. The van der Waals surface area contributed by atoms with Crippen LogP contribution in [0.2, 0.25) is 0 Å². The minimum atomic E-state index is -0.563. The van der Waals surface area contributed by atoms with E-state index in [1.165, 1.54) is 44.1 Å². The molecule has 178 valence electrons. The van der Waals surface area contributed by atoms with Crippen molar-refractivity contribution in [3.8, 4) is 5.75 Å². The Balaban J connectivity index is 1.19. The number of benzene rings is 1. The van der Waals surface area contributed by atoms with Crippen LogP contribution in [0.5, 0.6) is 5.75 Å². The molecule has 1 saturated heterocycles. The van der Waals surface area contributed by atoms with Gasteiger partial charge in [-0.1, -0.05) is 12.1 Å². The van der Waals surface area contributed by atoms with Crippen molar-refractivity contribution in [2.75, 3.05) is 13.2 Å². The van der Waals surface area contributed by atoms with E-state index in [4.69, 9.17) is 4.74 Å². The molecule has 0 spiro atoms. The fourth-order valence-corrected chi connectivity index (χ4v) is 8.58. The third kappa shape index (κ3) is 4.23. The highest BCUT2D eigenvalue weighted by atomic mass is 16.5. The van der Waals surface area contributed by atoms with Crippen molar-refractivity contribution in [3.63, 3.8) is 0 Å². The van der Waals surface area contributed by atoms with Gasteiger partial charge in [-0.25, -0.2) is 0 Å². The minimum Gasteiger partial charge on any atom is -0.491 e. The molecular weight excluding hydrogens is 398 g/mol. The largest absolute Gasteiger partial charge is 0.491 e. The first-order chi connectivity index (χ1) is 15.0. The summed E-state index contributed by atoms with van der Waals surface area (Å²) in [5, 5.41) is 21.0. The van der Waals surface area contributed by atoms with Gasteiger partial charge in [0.15, 0.2) is 0 Å². The van der Waals surface area contributed by atoms with Gasteiger partial charge in [-0.15, -0.1) is 0 Å². The van der Waals surface area contributed by atoms with Gasteiger partial charge in [0.2, 0.25) is 0 Å².